The Morgan fingerprint density at radius 2 is 2.17 bits per heavy atom. The van der Waals surface area contributed by atoms with Crippen LogP contribution in [0.15, 0.2) is 12.3 Å². The van der Waals surface area contributed by atoms with Crippen molar-refractivity contribution < 1.29 is 14.3 Å². The van der Waals surface area contributed by atoms with Crippen LogP contribution in [0.2, 0.25) is 0 Å². The molecule has 70 valence electrons. The van der Waals surface area contributed by atoms with Crippen LogP contribution in [0, 0.1) is 0 Å². The van der Waals surface area contributed by atoms with Crippen LogP contribution >= 0.6 is 0 Å². The Morgan fingerprint density at radius 3 is 2.67 bits per heavy atom. The number of ether oxygens (including phenoxy) is 2. The van der Waals surface area contributed by atoms with Gasteiger partial charge in [0.05, 0.1) is 5.76 Å². The quantitative estimate of drug-likeness (QED) is 0.348. The Bertz CT molecular complexity index is 152. The predicted molar refractivity (Wildman–Crippen MR) is 46.6 cm³/mol. The first kappa shape index (κ1) is 11.2. The summed E-state index contributed by atoms with van der Waals surface area (Å²) < 4.78 is 9.80. The minimum absolute atomic E-state index is 0.234. The van der Waals surface area contributed by atoms with E-state index in [0.717, 1.165) is 0 Å². The molecular formula is C9H16O3. The van der Waals surface area contributed by atoms with Crippen molar-refractivity contribution in [1.29, 1.82) is 0 Å². The van der Waals surface area contributed by atoms with Crippen molar-refractivity contribution in [3.8, 4) is 0 Å². The molecule has 0 spiro atoms. The monoisotopic (exact) mass is 172 g/mol. The normalized spacial score (nSPS) is 9.50. The molecule has 0 saturated carbocycles. The average molecular weight is 172 g/mol. The number of hydrogen-bond acceptors (Lipinski definition) is 3. The van der Waals surface area contributed by atoms with Crippen LogP contribution in [0.25, 0.3) is 0 Å². The van der Waals surface area contributed by atoms with Crippen molar-refractivity contribution in [3.63, 3.8) is 0 Å². The van der Waals surface area contributed by atoms with Crippen LogP contribution in [0.5, 0.6) is 0 Å². The standard InChI is InChI=1S/C9H16O3/c1-4-11-7-5-6-9(10)12-8(2)3/h2,4-7H2,1,3H3. The molecule has 0 aliphatic carbocycles. The summed E-state index contributed by atoms with van der Waals surface area (Å²) in [6.45, 7) is 8.34. The van der Waals surface area contributed by atoms with Crippen LogP contribution in [0.4, 0.5) is 0 Å². The molecule has 0 aromatic carbocycles. The van der Waals surface area contributed by atoms with Crippen LogP contribution < -0.4 is 0 Å². The summed E-state index contributed by atoms with van der Waals surface area (Å²) >= 11 is 0. The van der Waals surface area contributed by atoms with Gasteiger partial charge < -0.3 is 9.47 Å². The summed E-state index contributed by atoms with van der Waals surface area (Å²) in [7, 11) is 0. The summed E-state index contributed by atoms with van der Waals surface area (Å²) in [5.74, 6) is 0.207. The van der Waals surface area contributed by atoms with E-state index in [1.807, 2.05) is 6.92 Å². The smallest absolute Gasteiger partial charge is 0.310 e. The number of esters is 1. The Hall–Kier alpha value is -0.830. The molecule has 0 atom stereocenters. The van der Waals surface area contributed by atoms with E-state index in [0.29, 0.717) is 31.8 Å². The lowest BCUT2D eigenvalue weighted by molar-refractivity contribution is -0.139. The molecule has 0 heterocycles. The third-order valence-corrected chi connectivity index (χ3v) is 1.16. The molecule has 3 nitrogen and oxygen atoms in total. The molecule has 0 aromatic heterocycles. The summed E-state index contributed by atoms with van der Waals surface area (Å²) in [5.41, 5.74) is 0. The maximum atomic E-state index is 10.9. The lowest BCUT2D eigenvalue weighted by Gasteiger charge is -2.02. The van der Waals surface area contributed by atoms with Gasteiger partial charge in [-0.25, -0.2) is 0 Å². The van der Waals surface area contributed by atoms with Crippen molar-refractivity contribution in [2.24, 2.45) is 0 Å². The van der Waals surface area contributed by atoms with Gasteiger partial charge >= 0.3 is 5.97 Å². The van der Waals surface area contributed by atoms with Gasteiger partial charge in [0.25, 0.3) is 0 Å². The molecule has 0 fully saturated rings. The summed E-state index contributed by atoms with van der Waals surface area (Å²) in [5, 5.41) is 0. The van der Waals surface area contributed by atoms with E-state index in [2.05, 4.69) is 6.58 Å². The van der Waals surface area contributed by atoms with E-state index in [4.69, 9.17) is 9.47 Å². The van der Waals surface area contributed by atoms with Crippen molar-refractivity contribution in [1.82, 2.24) is 0 Å². The zero-order valence-electron chi connectivity index (χ0n) is 7.76. The van der Waals surface area contributed by atoms with E-state index < -0.39 is 0 Å². The highest BCUT2D eigenvalue weighted by molar-refractivity contribution is 5.70. The first-order valence-electron chi connectivity index (χ1n) is 4.10. The Labute approximate surface area is 73.4 Å². The third-order valence-electron chi connectivity index (χ3n) is 1.16. The average Bonchev–Trinajstić information content (AvgIpc) is 1.97. The summed E-state index contributed by atoms with van der Waals surface area (Å²) in [6.07, 6.45) is 1.10. The molecule has 0 amide bonds. The number of allylic oxidation sites excluding steroid dienone is 1. The predicted octanol–water partition coefficient (Wildman–Crippen LogP) is 1.88. The molecule has 3 heteroatoms. The molecule has 0 radical (unpaired) electrons. The number of rotatable bonds is 6. The van der Waals surface area contributed by atoms with Gasteiger partial charge in [0, 0.05) is 19.6 Å². The van der Waals surface area contributed by atoms with E-state index >= 15 is 0 Å². The van der Waals surface area contributed by atoms with E-state index in [1.165, 1.54) is 0 Å². The van der Waals surface area contributed by atoms with Crippen molar-refractivity contribution in [2.75, 3.05) is 13.2 Å². The minimum atomic E-state index is -0.234. The van der Waals surface area contributed by atoms with Gasteiger partial charge in [0.15, 0.2) is 0 Å². The van der Waals surface area contributed by atoms with E-state index in [9.17, 15) is 4.79 Å². The lowest BCUT2D eigenvalue weighted by Crippen LogP contribution is -2.04. The van der Waals surface area contributed by atoms with Crippen LogP contribution in [0.3, 0.4) is 0 Å². The molecule has 0 unspecified atom stereocenters. The SMILES string of the molecule is C=C(C)OC(=O)CCCOCC. The summed E-state index contributed by atoms with van der Waals surface area (Å²) in [4.78, 5) is 10.9. The van der Waals surface area contributed by atoms with Gasteiger partial charge in [0.2, 0.25) is 0 Å². The maximum absolute atomic E-state index is 10.9. The third kappa shape index (κ3) is 7.28. The fourth-order valence-electron chi connectivity index (χ4n) is 0.708. The molecule has 0 aromatic rings. The highest BCUT2D eigenvalue weighted by atomic mass is 16.5. The fourth-order valence-corrected chi connectivity index (χ4v) is 0.708. The highest BCUT2D eigenvalue weighted by Gasteiger charge is 2.01. The molecule has 12 heavy (non-hydrogen) atoms. The van der Waals surface area contributed by atoms with Gasteiger partial charge in [-0.2, -0.15) is 0 Å². The van der Waals surface area contributed by atoms with Crippen LogP contribution in [0.1, 0.15) is 26.7 Å². The topological polar surface area (TPSA) is 35.5 Å². The van der Waals surface area contributed by atoms with Crippen LogP contribution in [-0.2, 0) is 14.3 Å². The number of hydrogen-bond donors (Lipinski definition) is 0. The Kier molecular flexibility index (Phi) is 6.38. The lowest BCUT2D eigenvalue weighted by atomic mass is 10.3. The van der Waals surface area contributed by atoms with Crippen LogP contribution in [-0.4, -0.2) is 19.2 Å². The second kappa shape index (κ2) is 6.85. The van der Waals surface area contributed by atoms with Crippen molar-refractivity contribution in [3.05, 3.63) is 12.3 Å². The van der Waals surface area contributed by atoms with Gasteiger partial charge in [-0.1, -0.05) is 6.58 Å². The molecule has 0 rings (SSSR count). The first-order chi connectivity index (χ1) is 5.66. The molecule has 0 bridgehead atoms. The van der Waals surface area contributed by atoms with Gasteiger partial charge in [-0.05, 0) is 20.3 Å². The Morgan fingerprint density at radius 1 is 1.50 bits per heavy atom. The molecule has 0 aliphatic rings. The van der Waals surface area contributed by atoms with E-state index in [-0.39, 0.29) is 5.97 Å². The fraction of sp³-hybridized carbons (Fsp3) is 0.667. The second-order valence-corrected chi connectivity index (χ2v) is 2.48. The van der Waals surface area contributed by atoms with E-state index in [1.54, 1.807) is 6.92 Å². The molecular weight excluding hydrogens is 156 g/mol. The maximum Gasteiger partial charge on any atom is 0.310 e. The molecule has 0 saturated heterocycles. The zero-order valence-corrected chi connectivity index (χ0v) is 7.76. The minimum Gasteiger partial charge on any atom is -0.432 e. The Balaban J connectivity index is 3.26. The number of carbonyl (C=O) groups excluding carboxylic acids is 1. The first-order valence-corrected chi connectivity index (χ1v) is 4.10. The van der Waals surface area contributed by atoms with Gasteiger partial charge in [0.1, 0.15) is 0 Å². The highest BCUT2D eigenvalue weighted by Crippen LogP contribution is 1.98. The molecule has 0 N–H and O–H groups in total. The van der Waals surface area contributed by atoms with Gasteiger partial charge in [-0.3, -0.25) is 4.79 Å². The zero-order chi connectivity index (χ0) is 9.40. The number of carbonyl (C=O) groups is 1. The van der Waals surface area contributed by atoms with Gasteiger partial charge in [-0.15, -0.1) is 0 Å². The summed E-state index contributed by atoms with van der Waals surface area (Å²) in [6, 6.07) is 0. The second-order valence-electron chi connectivity index (χ2n) is 2.48. The largest absolute Gasteiger partial charge is 0.432 e. The van der Waals surface area contributed by atoms with Crippen molar-refractivity contribution in [2.45, 2.75) is 26.7 Å². The van der Waals surface area contributed by atoms with Crippen molar-refractivity contribution >= 4 is 5.97 Å². The molecule has 0 aliphatic heterocycles.